The summed E-state index contributed by atoms with van der Waals surface area (Å²) in [7, 11) is -3.32. The quantitative estimate of drug-likeness (QED) is 0.808. The summed E-state index contributed by atoms with van der Waals surface area (Å²) < 4.78 is 22.4. The van der Waals surface area contributed by atoms with Crippen LogP contribution in [0.5, 0.6) is 0 Å². The minimum absolute atomic E-state index is 0.103. The molecule has 0 bridgehead atoms. The van der Waals surface area contributed by atoms with Crippen LogP contribution < -0.4 is 0 Å². The highest BCUT2D eigenvalue weighted by atomic mass is 32.2. The Kier molecular flexibility index (Phi) is 3.35. The van der Waals surface area contributed by atoms with Gasteiger partial charge < -0.3 is 10.2 Å². The van der Waals surface area contributed by atoms with Crippen LogP contribution in [0.2, 0.25) is 0 Å². The summed E-state index contributed by atoms with van der Waals surface area (Å²) >= 11 is 0. The maximum Gasteiger partial charge on any atom is 0.337 e. The SMILES string of the molecule is Cc1cc(S(C)(=O)=O)ccc1C(O)C(=O)O. The highest BCUT2D eigenvalue weighted by Gasteiger charge is 2.19. The van der Waals surface area contributed by atoms with Gasteiger partial charge in [0.15, 0.2) is 15.9 Å². The van der Waals surface area contributed by atoms with Crippen molar-refractivity contribution in [3.8, 4) is 0 Å². The molecule has 6 heteroatoms. The Bertz CT molecular complexity index is 518. The highest BCUT2D eigenvalue weighted by molar-refractivity contribution is 7.90. The van der Waals surface area contributed by atoms with E-state index >= 15 is 0 Å². The summed E-state index contributed by atoms with van der Waals surface area (Å²) in [5.74, 6) is -1.37. The lowest BCUT2D eigenvalue weighted by Crippen LogP contribution is -2.12. The van der Waals surface area contributed by atoms with Crippen molar-refractivity contribution in [1.29, 1.82) is 0 Å². The Morgan fingerprint density at radius 3 is 2.31 bits per heavy atom. The minimum atomic E-state index is -3.32. The number of carboxylic acid groups (broad SMARTS) is 1. The van der Waals surface area contributed by atoms with Crippen molar-refractivity contribution in [1.82, 2.24) is 0 Å². The first-order valence-corrected chi connectivity index (χ1v) is 6.34. The van der Waals surface area contributed by atoms with E-state index in [0.717, 1.165) is 6.26 Å². The second-order valence-electron chi connectivity index (χ2n) is 3.53. The Hall–Kier alpha value is -1.40. The summed E-state index contributed by atoms with van der Waals surface area (Å²) in [5.41, 5.74) is 0.623. The number of aliphatic hydroxyl groups excluding tert-OH is 1. The molecule has 5 nitrogen and oxygen atoms in total. The van der Waals surface area contributed by atoms with Crippen LogP contribution in [0.25, 0.3) is 0 Å². The molecule has 0 amide bonds. The lowest BCUT2D eigenvalue weighted by molar-refractivity contribution is -0.147. The number of carboxylic acids is 1. The van der Waals surface area contributed by atoms with Crippen LogP contribution in [-0.2, 0) is 14.6 Å². The average molecular weight is 244 g/mol. The Morgan fingerprint density at radius 2 is 1.94 bits per heavy atom. The Labute approximate surface area is 93.3 Å². The normalized spacial score (nSPS) is 13.4. The van der Waals surface area contributed by atoms with E-state index in [-0.39, 0.29) is 10.5 Å². The number of aliphatic hydroxyl groups is 1. The molecule has 1 aromatic rings. The molecule has 2 N–H and O–H groups in total. The fourth-order valence-corrected chi connectivity index (χ4v) is 2.02. The number of sulfone groups is 1. The molecule has 0 aliphatic carbocycles. The predicted molar refractivity (Wildman–Crippen MR) is 56.9 cm³/mol. The van der Waals surface area contributed by atoms with Gasteiger partial charge in [0.05, 0.1) is 4.90 Å². The molecule has 1 unspecified atom stereocenters. The van der Waals surface area contributed by atoms with Crippen molar-refractivity contribution in [2.24, 2.45) is 0 Å². The molecule has 0 saturated heterocycles. The first-order chi connectivity index (χ1) is 7.23. The standard InChI is InChI=1S/C10H12O5S/c1-6-5-7(16(2,14)15)3-4-8(6)9(11)10(12)13/h3-5,9,11H,1-2H3,(H,12,13). The number of rotatable bonds is 3. The van der Waals surface area contributed by atoms with E-state index < -0.39 is 21.9 Å². The van der Waals surface area contributed by atoms with Gasteiger partial charge >= 0.3 is 5.97 Å². The molecule has 1 rings (SSSR count). The van der Waals surface area contributed by atoms with E-state index in [1.807, 2.05) is 0 Å². The van der Waals surface area contributed by atoms with Gasteiger partial charge in [-0.15, -0.1) is 0 Å². The Balaban J connectivity index is 3.25. The number of aryl methyl sites for hydroxylation is 1. The number of benzene rings is 1. The van der Waals surface area contributed by atoms with Gasteiger partial charge in [0.1, 0.15) is 0 Å². The minimum Gasteiger partial charge on any atom is -0.479 e. The average Bonchev–Trinajstić information content (AvgIpc) is 2.15. The third kappa shape index (κ3) is 2.59. The molecule has 0 fully saturated rings. The number of carbonyl (C=O) groups is 1. The van der Waals surface area contributed by atoms with Crippen molar-refractivity contribution >= 4 is 15.8 Å². The second kappa shape index (κ2) is 4.23. The molecule has 1 atom stereocenters. The molecule has 1 aromatic carbocycles. The zero-order chi connectivity index (χ0) is 12.5. The van der Waals surface area contributed by atoms with Crippen molar-refractivity contribution in [2.45, 2.75) is 17.9 Å². The smallest absolute Gasteiger partial charge is 0.337 e. The highest BCUT2D eigenvalue weighted by Crippen LogP contribution is 2.21. The van der Waals surface area contributed by atoms with Crippen LogP contribution in [0.15, 0.2) is 23.1 Å². The first kappa shape index (κ1) is 12.7. The van der Waals surface area contributed by atoms with Crippen LogP contribution >= 0.6 is 0 Å². The zero-order valence-electron chi connectivity index (χ0n) is 8.84. The maximum atomic E-state index is 11.2. The molecular formula is C10H12O5S. The van der Waals surface area contributed by atoms with Crippen molar-refractivity contribution in [2.75, 3.05) is 6.26 Å². The number of hydrogen-bond donors (Lipinski definition) is 2. The van der Waals surface area contributed by atoms with Gasteiger partial charge in [-0.2, -0.15) is 0 Å². The van der Waals surface area contributed by atoms with E-state index in [1.54, 1.807) is 6.92 Å². The van der Waals surface area contributed by atoms with Crippen LogP contribution in [-0.4, -0.2) is 30.9 Å². The van der Waals surface area contributed by atoms with E-state index in [9.17, 15) is 18.3 Å². The summed E-state index contributed by atoms with van der Waals surface area (Å²) in [4.78, 5) is 10.7. The molecular weight excluding hydrogens is 232 g/mol. The van der Waals surface area contributed by atoms with Crippen molar-refractivity contribution in [3.63, 3.8) is 0 Å². The van der Waals surface area contributed by atoms with E-state index in [1.165, 1.54) is 18.2 Å². The third-order valence-electron chi connectivity index (χ3n) is 2.20. The van der Waals surface area contributed by atoms with Gasteiger partial charge in [-0.3, -0.25) is 0 Å². The Morgan fingerprint density at radius 1 is 1.38 bits per heavy atom. The van der Waals surface area contributed by atoms with Gasteiger partial charge in [0.25, 0.3) is 0 Å². The van der Waals surface area contributed by atoms with Crippen molar-refractivity contribution in [3.05, 3.63) is 29.3 Å². The van der Waals surface area contributed by atoms with E-state index in [0.29, 0.717) is 5.56 Å². The van der Waals surface area contributed by atoms with Gasteiger partial charge in [-0.1, -0.05) is 6.07 Å². The molecule has 0 heterocycles. The van der Waals surface area contributed by atoms with Crippen LogP contribution in [0.1, 0.15) is 17.2 Å². The van der Waals surface area contributed by atoms with Gasteiger partial charge in [-0.25, -0.2) is 13.2 Å². The van der Waals surface area contributed by atoms with Gasteiger partial charge in [0.2, 0.25) is 0 Å². The topological polar surface area (TPSA) is 91.7 Å². The van der Waals surface area contributed by atoms with Crippen LogP contribution in [0.3, 0.4) is 0 Å². The molecule has 88 valence electrons. The molecule has 0 radical (unpaired) electrons. The lowest BCUT2D eigenvalue weighted by Gasteiger charge is -2.10. The molecule has 0 aliphatic heterocycles. The third-order valence-corrected chi connectivity index (χ3v) is 3.31. The van der Waals surface area contributed by atoms with Crippen LogP contribution in [0.4, 0.5) is 0 Å². The summed E-state index contributed by atoms with van der Waals surface area (Å²) in [6.45, 7) is 1.55. The monoisotopic (exact) mass is 244 g/mol. The number of hydrogen-bond acceptors (Lipinski definition) is 4. The number of aliphatic carboxylic acids is 1. The molecule has 0 aliphatic rings. The van der Waals surface area contributed by atoms with E-state index in [2.05, 4.69) is 0 Å². The second-order valence-corrected chi connectivity index (χ2v) is 5.55. The fourth-order valence-electron chi connectivity index (χ4n) is 1.32. The molecule has 0 saturated carbocycles. The summed E-state index contributed by atoms with van der Waals surface area (Å²) in [6, 6.07) is 3.94. The molecule has 0 spiro atoms. The lowest BCUT2D eigenvalue weighted by atomic mass is 10.0. The summed E-state index contributed by atoms with van der Waals surface area (Å²) in [6.07, 6.45) is -0.566. The van der Waals surface area contributed by atoms with E-state index in [4.69, 9.17) is 5.11 Å². The predicted octanol–water partition coefficient (Wildman–Crippen LogP) is 0.517. The van der Waals surface area contributed by atoms with Crippen LogP contribution in [0, 0.1) is 6.92 Å². The zero-order valence-corrected chi connectivity index (χ0v) is 9.65. The maximum absolute atomic E-state index is 11.2. The first-order valence-electron chi connectivity index (χ1n) is 4.45. The van der Waals surface area contributed by atoms with Gasteiger partial charge in [-0.05, 0) is 30.2 Å². The van der Waals surface area contributed by atoms with Crippen molar-refractivity contribution < 1.29 is 23.4 Å². The summed E-state index contributed by atoms with van der Waals surface area (Å²) in [5, 5.41) is 17.9. The molecule has 16 heavy (non-hydrogen) atoms. The molecule has 0 aromatic heterocycles. The fraction of sp³-hybridized carbons (Fsp3) is 0.300. The van der Waals surface area contributed by atoms with Gasteiger partial charge in [0, 0.05) is 6.26 Å². The largest absolute Gasteiger partial charge is 0.479 e.